The number of hydrogen-bond donors (Lipinski definition) is 1. The van der Waals surface area contributed by atoms with Crippen LogP contribution < -0.4 is 0 Å². The first-order valence-corrected chi connectivity index (χ1v) is 11.6. The van der Waals surface area contributed by atoms with Crippen LogP contribution in [-0.4, -0.2) is 54.4 Å². The third-order valence-corrected chi connectivity index (χ3v) is 6.41. The predicted molar refractivity (Wildman–Crippen MR) is 127 cm³/mol. The van der Waals surface area contributed by atoms with E-state index in [4.69, 9.17) is 10.1 Å². The van der Waals surface area contributed by atoms with Gasteiger partial charge in [-0.1, -0.05) is 20.3 Å². The second kappa shape index (κ2) is 10.3. The molecule has 1 fully saturated rings. The number of aldehydes is 1. The summed E-state index contributed by atoms with van der Waals surface area (Å²) in [6.07, 6.45) is 5.46. The fourth-order valence-electron chi connectivity index (χ4n) is 4.82. The minimum Gasteiger partial charge on any atom is -0.450 e. The van der Waals surface area contributed by atoms with Crippen molar-refractivity contribution in [3.8, 4) is 0 Å². The van der Waals surface area contributed by atoms with Crippen molar-refractivity contribution in [3.05, 3.63) is 56.6 Å². The highest BCUT2D eigenvalue weighted by atomic mass is 19.1. The van der Waals surface area contributed by atoms with Crippen molar-refractivity contribution in [1.82, 2.24) is 4.90 Å². The highest BCUT2D eigenvalue weighted by Gasteiger charge is 2.40. The molecule has 0 spiro atoms. The lowest BCUT2D eigenvalue weighted by atomic mass is 9.73. The van der Waals surface area contributed by atoms with Gasteiger partial charge in [0.1, 0.15) is 18.7 Å². The number of hydrogen-bond acceptors (Lipinski definition) is 5. The van der Waals surface area contributed by atoms with Crippen molar-refractivity contribution in [2.45, 2.75) is 65.8 Å². The predicted octanol–water partition coefficient (Wildman–Crippen LogP) is 5.69. The van der Waals surface area contributed by atoms with Gasteiger partial charge in [-0.2, -0.15) is 0 Å². The molecule has 0 aromatic rings. The summed E-state index contributed by atoms with van der Waals surface area (Å²) >= 11 is 0. The van der Waals surface area contributed by atoms with Gasteiger partial charge in [-0.15, -0.1) is 0 Å². The minimum atomic E-state index is -1.42. The molecule has 2 aliphatic carbocycles. The fourth-order valence-corrected chi connectivity index (χ4v) is 4.82. The molecule has 1 saturated heterocycles. The van der Waals surface area contributed by atoms with Gasteiger partial charge in [0.2, 0.25) is 0 Å². The maximum absolute atomic E-state index is 14.6. The molecule has 178 valence electrons. The lowest BCUT2D eigenvalue weighted by Crippen LogP contribution is -2.28. The first-order chi connectivity index (χ1) is 15.7. The summed E-state index contributed by atoms with van der Waals surface area (Å²) in [5.74, 6) is -0.0742. The van der Waals surface area contributed by atoms with Crippen molar-refractivity contribution in [3.63, 3.8) is 0 Å². The smallest absolute Gasteiger partial charge is 0.450 e. The topological polar surface area (TPSA) is 79.2 Å². The Kier molecular flexibility index (Phi) is 7.72. The average molecular weight is 457 g/mol. The zero-order valence-electron chi connectivity index (χ0n) is 20.1. The van der Waals surface area contributed by atoms with Crippen LogP contribution in [0.15, 0.2) is 61.6 Å². The minimum absolute atomic E-state index is 0.0742. The van der Waals surface area contributed by atoms with Gasteiger partial charge in [-0.05, 0) is 67.1 Å². The van der Waals surface area contributed by atoms with Gasteiger partial charge >= 0.3 is 6.16 Å². The molecule has 2 aliphatic heterocycles. The van der Waals surface area contributed by atoms with E-state index in [0.29, 0.717) is 24.8 Å². The molecule has 0 saturated carbocycles. The lowest BCUT2D eigenvalue weighted by molar-refractivity contribution is -0.105. The maximum Gasteiger partial charge on any atom is 0.506 e. The van der Waals surface area contributed by atoms with E-state index >= 15 is 0 Å². The van der Waals surface area contributed by atoms with E-state index in [1.54, 1.807) is 6.92 Å². The highest BCUT2D eigenvalue weighted by molar-refractivity contribution is 6.16. The van der Waals surface area contributed by atoms with E-state index in [2.05, 4.69) is 23.5 Å². The molecule has 0 bridgehead atoms. The van der Waals surface area contributed by atoms with E-state index in [-0.39, 0.29) is 24.0 Å². The summed E-state index contributed by atoms with van der Waals surface area (Å²) < 4.78 is 19.1. The number of carbonyl (C=O) groups is 2. The molecule has 7 heteroatoms. The van der Waals surface area contributed by atoms with Crippen molar-refractivity contribution in [1.29, 1.82) is 0 Å². The number of carboxylic acid groups (broad SMARTS) is 1. The quantitative estimate of drug-likeness (QED) is 0.334. The number of dihydropyridines is 1. The summed E-state index contributed by atoms with van der Waals surface area (Å²) in [4.78, 5) is 29.1. The molecule has 0 amide bonds. The number of fused-ring (bicyclic) bond motifs is 1. The number of halogens is 1. The van der Waals surface area contributed by atoms with Crippen molar-refractivity contribution in [2.75, 3.05) is 20.2 Å². The van der Waals surface area contributed by atoms with Crippen LogP contribution in [0.25, 0.3) is 0 Å². The van der Waals surface area contributed by atoms with Crippen molar-refractivity contribution >= 4 is 18.2 Å². The first-order valence-electron chi connectivity index (χ1n) is 11.6. The van der Waals surface area contributed by atoms with Gasteiger partial charge in [0, 0.05) is 31.2 Å². The van der Waals surface area contributed by atoms with E-state index < -0.39 is 6.16 Å². The summed E-state index contributed by atoms with van der Waals surface area (Å²) in [6, 6.07) is -0.196. The third-order valence-electron chi connectivity index (χ3n) is 6.41. The van der Waals surface area contributed by atoms with Crippen LogP contribution >= 0.6 is 0 Å². The normalized spacial score (nSPS) is 23.5. The van der Waals surface area contributed by atoms with Gasteiger partial charge in [0.15, 0.2) is 0 Å². The van der Waals surface area contributed by atoms with Crippen LogP contribution in [0, 0.1) is 0 Å². The monoisotopic (exact) mass is 456 g/mol. The Balaban J connectivity index is 0.000000968. The van der Waals surface area contributed by atoms with Gasteiger partial charge in [0.25, 0.3) is 0 Å². The zero-order valence-corrected chi connectivity index (χ0v) is 20.1. The molecule has 33 heavy (non-hydrogen) atoms. The third kappa shape index (κ3) is 4.87. The number of aliphatic imine (C=N–C) groups is 1. The Morgan fingerprint density at radius 1 is 1.27 bits per heavy atom. The molecule has 0 aromatic heterocycles. The highest BCUT2D eigenvalue weighted by Crippen LogP contribution is 2.48. The van der Waals surface area contributed by atoms with Crippen LogP contribution in [-0.2, 0) is 9.53 Å². The second-order valence-electron chi connectivity index (χ2n) is 8.90. The van der Waals surface area contributed by atoms with Crippen LogP contribution in [0.3, 0.4) is 0 Å². The maximum atomic E-state index is 14.6. The Morgan fingerprint density at radius 2 is 1.94 bits per heavy atom. The van der Waals surface area contributed by atoms with E-state index in [0.717, 1.165) is 41.8 Å². The number of allylic oxidation sites excluding steroid dienone is 5. The molecule has 0 radical (unpaired) electrons. The Bertz CT molecular complexity index is 1040. The van der Waals surface area contributed by atoms with Crippen LogP contribution in [0.4, 0.5) is 9.18 Å². The SMILES string of the molecule is CC1=C(F)CC2N=C3C(=C4CCCC1=C42)CN(C)/C3=C\C(C)=C(/C=O)COC(=O)O.CCC. The first kappa shape index (κ1) is 24.7. The van der Waals surface area contributed by atoms with Crippen LogP contribution in [0.1, 0.15) is 59.8 Å². The summed E-state index contributed by atoms with van der Waals surface area (Å²) in [6.45, 7) is 8.29. The molecule has 4 rings (SSSR count). The number of ether oxygens (including phenoxy) is 1. The van der Waals surface area contributed by atoms with Crippen molar-refractivity contribution in [2.24, 2.45) is 4.99 Å². The number of nitrogens with zero attached hydrogens (tertiary/aromatic N) is 2. The molecule has 1 unspecified atom stereocenters. The van der Waals surface area contributed by atoms with Gasteiger partial charge in [-0.3, -0.25) is 9.79 Å². The van der Waals surface area contributed by atoms with Crippen LogP contribution in [0.5, 0.6) is 0 Å². The Labute approximate surface area is 194 Å². The summed E-state index contributed by atoms with van der Waals surface area (Å²) in [7, 11) is 1.97. The molecule has 2 heterocycles. The number of carbonyl (C=O) groups excluding carboxylic acids is 1. The molecule has 1 N–H and O–H groups in total. The number of likely N-dealkylation sites (tertiary alicyclic amines) is 1. The average Bonchev–Trinajstić information content (AvgIpc) is 3.08. The molecular formula is C26H33FN2O4. The molecule has 0 aromatic carbocycles. The zero-order chi connectivity index (χ0) is 24.3. The van der Waals surface area contributed by atoms with E-state index in [1.165, 1.54) is 23.1 Å². The molecule has 6 nitrogen and oxygen atoms in total. The van der Waals surface area contributed by atoms with Crippen molar-refractivity contribution < 1.29 is 23.8 Å². The standard InChI is InChI=1S/C23H25FN2O4.C3H8/c1-12(14(10-27)11-30-23(28)29)7-20-22-17(9-26(20)3)16-6-4-5-15-13(2)18(24)8-19(25-22)21(15)16;1-3-2/h7,10,19H,4-6,8-9,11H2,1-3H3,(H,28,29);3H2,1-2H3/b14-12+,20-7-;. The molecule has 1 atom stereocenters. The van der Waals surface area contributed by atoms with Gasteiger partial charge < -0.3 is 14.7 Å². The van der Waals surface area contributed by atoms with Crippen LogP contribution in [0.2, 0.25) is 0 Å². The van der Waals surface area contributed by atoms with E-state index in [9.17, 15) is 14.0 Å². The largest absolute Gasteiger partial charge is 0.506 e. The fraction of sp³-hybridized carbons (Fsp3) is 0.500. The number of likely N-dealkylation sites (N-methyl/N-ethyl adjacent to an activating group) is 1. The number of rotatable bonds is 4. The van der Waals surface area contributed by atoms with E-state index in [1.807, 2.05) is 20.0 Å². The van der Waals surface area contributed by atoms with Gasteiger partial charge in [0.05, 0.1) is 17.5 Å². The summed E-state index contributed by atoms with van der Waals surface area (Å²) in [5.41, 5.74) is 8.24. The summed E-state index contributed by atoms with van der Waals surface area (Å²) in [5, 5.41) is 8.71. The Hall–Kier alpha value is -2.96. The van der Waals surface area contributed by atoms with Gasteiger partial charge in [-0.25, -0.2) is 9.18 Å². The Morgan fingerprint density at radius 3 is 2.58 bits per heavy atom. The second-order valence-corrected chi connectivity index (χ2v) is 8.90. The lowest BCUT2D eigenvalue weighted by Gasteiger charge is -2.35. The molecule has 4 aliphatic rings. The molecular weight excluding hydrogens is 423 g/mol.